The molecule has 0 aromatic carbocycles. The van der Waals surface area contributed by atoms with Gasteiger partial charge in [0.15, 0.2) is 0 Å². The first-order valence-electron chi connectivity index (χ1n) is 8.22. The molecule has 3 heterocycles. The van der Waals surface area contributed by atoms with Crippen molar-refractivity contribution in [2.45, 2.75) is 37.9 Å². The molecule has 1 saturated heterocycles. The van der Waals surface area contributed by atoms with E-state index in [0.717, 1.165) is 18.0 Å². The molecule has 0 amide bonds. The van der Waals surface area contributed by atoms with Crippen molar-refractivity contribution in [2.75, 3.05) is 13.6 Å². The quantitative estimate of drug-likeness (QED) is 0.858. The maximum atomic E-state index is 5.38. The lowest BCUT2D eigenvalue weighted by Crippen LogP contribution is -2.41. The van der Waals surface area contributed by atoms with Crippen molar-refractivity contribution >= 4 is 0 Å². The van der Waals surface area contributed by atoms with E-state index in [-0.39, 0.29) is 0 Å². The van der Waals surface area contributed by atoms with Gasteiger partial charge in [-0.2, -0.15) is 4.98 Å². The van der Waals surface area contributed by atoms with E-state index < -0.39 is 0 Å². The number of hydrogen-bond donors (Lipinski definition) is 2. The first kappa shape index (κ1) is 14.7. The van der Waals surface area contributed by atoms with Crippen LogP contribution in [0.4, 0.5) is 0 Å². The Labute approximate surface area is 135 Å². The van der Waals surface area contributed by atoms with Gasteiger partial charge in [0.05, 0.1) is 6.54 Å². The van der Waals surface area contributed by atoms with Crippen LogP contribution in [0.15, 0.2) is 29.0 Å². The van der Waals surface area contributed by atoms with Crippen LogP contribution in [-0.4, -0.2) is 45.7 Å². The van der Waals surface area contributed by atoms with Crippen LogP contribution in [0.5, 0.6) is 0 Å². The second kappa shape index (κ2) is 6.35. The summed E-state index contributed by atoms with van der Waals surface area (Å²) in [7, 11) is 2.10. The second-order valence-corrected chi connectivity index (χ2v) is 6.54. The normalized spacial score (nSPS) is 26.8. The van der Waals surface area contributed by atoms with Gasteiger partial charge < -0.3 is 4.52 Å². The Morgan fingerprint density at radius 3 is 3.00 bits per heavy atom. The SMILES string of the molecule is CN(Cc1nc(-c2ccncc2)no1)CC1NNC2CCCC21. The van der Waals surface area contributed by atoms with Crippen molar-refractivity contribution in [3.05, 3.63) is 30.4 Å². The smallest absolute Gasteiger partial charge is 0.241 e. The Hall–Kier alpha value is -1.83. The molecule has 1 saturated carbocycles. The molecular weight excluding hydrogens is 292 g/mol. The highest BCUT2D eigenvalue weighted by Crippen LogP contribution is 2.31. The largest absolute Gasteiger partial charge is 0.338 e. The minimum Gasteiger partial charge on any atom is -0.338 e. The number of hydrogen-bond acceptors (Lipinski definition) is 7. The number of hydrazine groups is 1. The van der Waals surface area contributed by atoms with E-state index in [0.29, 0.717) is 30.3 Å². The number of fused-ring (bicyclic) bond motifs is 1. The minimum absolute atomic E-state index is 0.495. The van der Waals surface area contributed by atoms with Gasteiger partial charge in [-0.1, -0.05) is 11.6 Å². The molecule has 1 aliphatic heterocycles. The third-order valence-electron chi connectivity index (χ3n) is 4.86. The molecule has 23 heavy (non-hydrogen) atoms. The molecule has 0 bridgehead atoms. The van der Waals surface area contributed by atoms with E-state index in [1.165, 1.54) is 19.3 Å². The van der Waals surface area contributed by atoms with E-state index in [9.17, 15) is 0 Å². The molecule has 2 aromatic rings. The molecular formula is C16H22N6O. The van der Waals surface area contributed by atoms with Crippen LogP contribution in [0.1, 0.15) is 25.2 Å². The monoisotopic (exact) mass is 314 g/mol. The summed E-state index contributed by atoms with van der Waals surface area (Å²) < 4.78 is 5.38. The Balaban J connectivity index is 1.36. The van der Waals surface area contributed by atoms with Gasteiger partial charge in [0, 0.05) is 36.6 Å². The number of rotatable bonds is 5. The van der Waals surface area contributed by atoms with Crippen molar-refractivity contribution in [1.29, 1.82) is 0 Å². The average Bonchev–Trinajstić information content (AvgIpc) is 3.27. The highest BCUT2D eigenvalue weighted by Gasteiger charge is 2.39. The molecule has 4 rings (SSSR count). The molecule has 3 atom stereocenters. The fourth-order valence-electron chi connectivity index (χ4n) is 3.72. The molecule has 7 heteroatoms. The van der Waals surface area contributed by atoms with Crippen LogP contribution in [-0.2, 0) is 6.54 Å². The first-order chi connectivity index (χ1) is 11.3. The zero-order chi connectivity index (χ0) is 15.6. The van der Waals surface area contributed by atoms with Crippen molar-refractivity contribution in [3.63, 3.8) is 0 Å². The highest BCUT2D eigenvalue weighted by molar-refractivity contribution is 5.52. The van der Waals surface area contributed by atoms with Gasteiger partial charge in [-0.15, -0.1) is 0 Å². The number of aromatic nitrogens is 3. The van der Waals surface area contributed by atoms with Gasteiger partial charge in [0.1, 0.15) is 0 Å². The number of nitrogens with zero attached hydrogens (tertiary/aromatic N) is 4. The predicted molar refractivity (Wildman–Crippen MR) is 85.1 cm³/mol. The van der Waals surface area contributed by atoms with Gasteiger partial charge in [-0.25, -0.2) is 0 Å². The Bertz CT molecular complexity index is 645. The highest BCUT2D eigenvalue weighted by atomic mass is 16.5. The predicted octanol–water partition coefficient (Wildman–Crippen LogP) is 1.21. The first-order valence-corrected chi connectivity index (χ1v) is 8.22. The summed E-state index contributed by atoms with van der Waals surface area (Å²) in [4.78, 5) is 10.7. The van der Waals surface area contributed by atoms with Crippen LogP contribution in [0.25, 0.3) is 11.4 Å². The molecule has 2 fully saturated rings. The molecule has 122 valence electrons. The maximum absolute atomic E-state index is 5.38. The third kappa shape index (κ3) is 3.12. The topological polar surface area (TPSA) is 79.1 Å². The van der Waals surface area contributed by atoms with Gasteiger partial charge >= 0.3 is 0 Å². The van der Waals surface area contributed by atoms with Crippen LogP contribution >= 0.6 is 0 Å². The molecule has 2 aliphatic rings. The summed E-state index contributed by atoms with van der Waals surface area (Å²) >= 11 is 0. The van der Waals surface area contributed by atoms with Gasteiger partial charge in [0.25, 0.3) is 0 Å². The van der Waals surface area contributed by atoms with Crippen LogP contribution in [0.3, 0.4) is 0 Å². The molecule has 0 radical (unpaired) electrons. The summed E-state index contributed by atoms with van der Waals surface area (Å²) in [5, 5.41) is 4.06. The lowest BCUT2D eigenvalue weighted by atomic mass is 9.97. The van der Waals surface area contributed by atoms with E-state index in [1.54, 1.807) is 12.4 Å². The Kier molecular flexibility index (Phi) is 4.07. The number of pyridine rings is 1. The fraction of sp³-hybridized carbons (Fsp3) is 0.562. The van der Waals surface area contributed by atoms with Crippen molar-refractivity contribution < 1.29 is 4.52 Å². The molecule has 7 nitrogen and oxygen atoms in total. The van der Waals surface area contributed by atoms with Gasteiger partial charge in [-0.05, 0) is 37.9 Å². The lowest BCUT2D eigenvalue weighted by Gasteiger charge is -2.22. The molecule has 3 unspecified atom stereocenters. The second-order valence-electron chi connectivity index (χ2n) is 6.54. The van der Waals surface area contributed by atoms with E-state index in [2.05, 4.69) is 37.9 Å². The average molecular weight is 314 g/mol. The van der Waals surface area contributed by atoms with Crippen LogP contribution in [0.2, 0.25) is 0 Å². The summed E-state index contributed by atoms with van der Waals surface area (Å²) in [6.07, 6.45) is 7.40. The lowest BCUT2D eigenvalue weighted by molar-refractivity contribution is 0.230. The maximum Gasteiger partial charge on any atom is 0.241 e. The van der Waals surface area contributed by atoms with Gasteiger partial charge in [0.2, 0.25) is 11.7 Å². The van der Waals surface area contributed by atoms with E-state index >= 15 is 0 Å². The van der Waals surface area contributed by atoms with Crippen molar-refractivity contribution in [2.24, 2.45) is 5.92 Å². The van der Waals surface area contributed by atoms with Gasteiger partial charge in [-0.3, -0.25) is 20.7 Å². The molecule has 0 spiro atoms. The number of nitrogens with one attached hydrogen (secondary N) is 2. The summed E-state index contributed by atoms with van der Waals surface area (Å²) in [6, 6.07) is 4.91. The zero-order valence-corrected chi connectivity index (χ0v) is 13.3. The Morgan fingerprint density at radius 2 is 2.13 bits per heavy atom. The van der Waals surface area contributed by atoms with Crippen LogP contribution < -0.4 is 10.9 Å². The molecule has 2 N–H and O–H groups in total. The molecule has 1 aliphatic carbocycles. The summed E-state index contributed by atoms with van der Waals surface area (Å²) in [6.45, 7) is 1.63. The van der Waals surface area contributed by atoms with E-state index in [1.807, 2.05) is 12.1 Å². The fourth-order valence-corrected chi connectivity index (χ4v) is 3.72. The minimum atomic E-state index is 0.495. The van der Waals surface area contributed by atoms with Crippen molar-refractivity contribution in [1.82, 2.24) is 30.9 Å². The van der Waals surface area contributed by atoms with Crippen LogP contribution in [0, 0.1) is 5.92 Å². The summed E-state index contributed by atoms with van der Waals surface area (Å²) in [5.41, 5.74) is 7.79. The standard InChI is InChI=1S/C16H22N6O/c1-22(9-14-12-3-2-4-13(12)19-20-14)10-15-18-16(21-23-15)11-5-7-17-8-6-11/h5-8,12-14,19-20H,2-4,9-10H2,1H3. The van der Waals surface area contributed by atoms with Crippen molar-refractivity contribution in [3.8, 4) is 11.4 Å². The molecule has 2 aromatic heterocycles. The number of likely N-dealkylation sites (N-methyl/N-ethyl adjacent to an activating group) is 1. The summed E-state index contributed by atoms with van der Waals surface area (Å²) in [5.74, 6) is 2.01. The Morgan fingerprint density at radius 1 is 1.26 bits per heavy atom. The third-order valence-corrected chi connectivity index (χ3v) is 4.86. The van der Waals surface area contributed by atoms with E-state index in [4.69, 9.17) is 4.52 Å². The zero-order valence-electron chi connectivity index (χ0n) is 13.3.